The van der Waals surface area contributed by atoms with Gasteiger partial charge in [0, 0.05) is 10.6 Å². The zero-order valence-corrected chi connectivity index (χ0v) is 18.9. The van der Waals surface area contributed by atoms with Crippen molar-refractivity contribution < 1.29 is 23.9 Å². The van der Waals surface area contributed by atoms with Crippen LogP contribution in [0.15, 0.2) is 54.2 Å². The molecule has 0 spiro atoms. The van der Waals surface area contributed by atoms with Gasteiger partial charge in [0.1, 0.15) is 18.0 Å². The van der Waals surface area contributed by atoms with Crippen LogP contribution in [0.25, 0.3) is 6.08 Å². The van der Waals surface area contributed by atoms with Crippen molar-refractivity contribution in [3.8, 4) is 5.75 Å². The first-order valence-electron chi connectivity index (χ1n) is 10.4. The Hall–Kier alpha value is -3.32. The standard InChI is InChI=1S/C24H27ClN2O5/c1-3-5-14-32-20-12-8-18(9-13-20)23(29)27-21(15-17-6-10-19(25)11-7-17)24(30)26-16-22(28)31-4-2/h6-13,15H,3-5,14,16H2,1-2H3,(H,26,30)(H,27,29)/b21-15+. The van der Waals surface area contributed by atoms with Crippen LogP contribution in [0.5, 0.6) is 5.75 Å². The molecule has 0 radical (unpaired) electrons. The number of carbonyl (C=O) groups is 3. The molecule has 7 nitrogen and oxygen atoms in total. The van der Waals surface area contributed by atoms with Crippen molar-refractivity contribution in [2.75, 3.05) is 19.8 Å². The van der Waals surface area contributed by atoms with E-state index < -0.39 is 17.8 Å². The monoisotopic (exact) mass is 458 g/mol. The first-order valence-corrected chi connectivity index (χ1v) is 10.8. The summed E-state index contributed by atoms with van der Waals surface area (Å²) in [6.45, 7) is 4.25. The average molecular weight is 459 g/mol. The summed E-state index contributed by atoms with van der Waals surface area (Å²) in [7, 11) is 0. The van der Waals surface area contributed by atoms with Crippen molar-refractivity contribution in [2.24, 2.45) is 0 Å². The Labute approximate surface area is 192 Å². The van der Waals surface area contributed by atoms with Crippen LogP contribution in [0.3, 0.4) is 0 Å². The van der Waals surface area contributed by atoms with Crippen LogP contribution in [0.1, 0.15) is 42.6 Å². The van der Waals surface area contributed by atoms with Gasteiger partial charge in [0.05, 0.1) is 13.2 Å². The number of nitrogens with one attached hydrogen (secondary N) is 2. The Balaban J connectivity index is 2.14. The van der Waals surface area contributed by atoms with Gasteiger partial charge in [-0.2, -0.15) is 0 Å². The van der Waals surface area contributed by atoms with E-state index in [0.717, 1.165) is 12.8 Å². The molecule has 2 aromatic rings. The van der Waals surface area contributed by atoms with Gasteiger partial charge >= 0.3 is 5.97 Å². The number of hydrogen-bond acceptors (Lipinski definition) is 5. The van der Waals surface area contributed by atoms with Crippen LogP contribution in [0.2, 0.25) is 5.02 Å². The molecule has 2 N–H and O–H groups in total. The summed E-state index contributed by atoms with van der Waals surface area (Å²) in [5.74, 6) is -1.01. The van der Waals surface area contributed by atoms with Crippen LogP contribution >= 0.6 is 11.6 Å². The Bertz CT molecular complexity index is 940. The topological polar surface area (TPSA) is 93.7 Å². The lowest BCUT2D eigenvalue weighted by atomic mass is 10.1. The fourth-order valence-corrected chi connectivity index (χ4v) is 2.70. The molecule has 0 aliphatic heterocycles. The lowest BCUT2D eigenvalue weighted by molar-refractivity contribution is -0.143. The van der Waals surface area contributed by atoms with E-state index in [0.29, 0.717) is 28.5 Å². The largest absolute Gasteiger partial charge is 0.494 e. The summed E-state index contributed by atoms with van der Waals surface area (Å²) in [6.07, 6.45) is 3.47. The van der Waals surface area contributed by atoms with Gasteiger partial charge in [-0.3, -0.25) is 14.4 Å². The molecule has 2 amide bonds. The van der Waals surface area contributed by atoms with Crippen molar-refractivity contribution in [2.45, 2.75) is 26.7 Å². The summed E-state index contributed by atoms with van der Waals surface area (Å²) in [5, 5.41) is 5.60. The molecule has 0 atom stereocenters. The van der Waals surface area contributed by atoms with Crippen LogP contribution in [0.4, 0.5) is 0 Å². The molecular formula is C24H27ClN2O5. The van der Waals surface area contributed by atoms with Crippen LogP contribution < -0.4 is 15.4 Å². The highest BCUT2D eigenvalue weighted by Crippen LogP contribution is 2.15. The number of esters is 1. The molecule has 2 aromatic carbocycles. The fourth-order valence-electron chi connectivity index (χ4n) is 2.58. The van der Waals surface area contributed by atoms with E-state index in [1.54, 1.807) is 55.5 Å². The Morgan fingerprint density at radius 2 is 1.69 bits per heavy atom. The molecule has 0 aliphatic rings. The maximum atomic E-state index is 12.7. The Kier molecular flexibility index (Phi) is 10.3. The Morgan fingerprint density at radius 3 is 2.31 bits per heavy atom. The Morgan fingerprint density at radius 1 is 1.00 bits per heavy atom. The molecule has 0 unspecified atom stereocenters. The lowest BCUT2D eigenvalue weighted by Gasteiger charge is -2.12. The average Bonchev–Trinajstić information content (AvgIpc) is 2.79. The molecule has 0 fully saturated rings. The summed E-state index contributed by atoms with van der Waals surface area (Å²) in [4.78, 5) is 36.9. The smallest absolute Gasteiger partial charge is 0.325 e. The number of benzene rings is 2. The second kappa shape index (κ2) is 13.2. The van der Waals surface area contributed by atoms with Crippen LogP contribution in [-0.2, 0) is 14.3 Å². The molecule has 0 aromatic heterocycles. The molecule has 0 saturated heterocycles. The van der Waals surface area contributed by atoms with Crippen molar-refractivity contribution in [1.82, 2.24) is 10.6 Å². The first-order chi connectivity index (χ1) is 15.4. The third-order valence-corrected chi connectivity index (χ3v) is 4.51. The van der Waals surface area contributed by atoms with Gasteiger partial charge in [-0.1, -0.05) is 37.1 Å². The molecule has 0 aliphatic carbocycles. The minimum atomic E-state index is -0.624. The zero-order chi connectivity index (χ0) is 23.3. The third-order valence-electron chi connectivity index (χ3n) is 4.26. The normalized spacial score (nSPS) is 10.9. The molecule has 8 heteroatoms. The summed E-state index contributed by atoms with van der Waals surface area (Å²) in [5.41, 5.74) is 0.980. The molecule has 0 saturated carbocycles. The predicted molar refractivity (Wildman–Crippen MR) is 123 cm³/mol. The summed E-state index contributed by atoms with van der Waals surface area (Å²) >= 11 is 5.91. The highest BCUT2D eigenvalue weighted by Gasteiger charge is 2.16. The minimum Gasteiger partial charge on any atom is -0.494 e. The van der Waals surface area contributed by atoms with E-state index in [2.05, 4.69) is 17.6 Å². The van der Waals surface area contributed by atoms with Crippen molar-refractivity contribution in [1.29, 1.82) is 0 Å². The number of carbonyl (C=O) groups excluding carboxylic acids is 3. The fraction of sp³-hybridized carbons (Fsp3) is 0.292. The zero-order valence-electron chi connectivity index (χ0n) is 18.2. The minimum absolute atomic E-state index is 0.0232. The van der Waals surface area contributed by atoms with Crippen molar-refractivity contribution in [3.63, 3.8) is 0 Å². The van der Waals surface area contributed by atoms with E-state index in [9.17, 15) is 14.4 Å². The maximum absolute atomic E-state index is 12.7. The van der Waals surface area contributed by atoms with Gasteiger partial charge in [0.15, 0.2) is 0 Å². The second-order valence-electron chi connectivity index (χ2n) is 6.78. The summed E-state index contributed by atoms with van der Waals surface area (Å²) in [6, 6.07) is 13.4. The number of rotatable bonds is 11. The van der Waals surface area contributed by atoms with Crippen LogP contribution in [0, 0.1) is 0 Å². The van der Waals surface area contributed by atoms with Crippen molar-refractivity contribution >= 4 is 35.5 Å². The number of ether oxygens (including phenoxy) is 2. The van der Waals surface area contributed by atoms with Gasteiger partial charge in [0.2, 0.25) is 0 Å². The number of halogens is 1. The van der Waals surface area contributed by atoms with Crippen LogP contribution in [-0.4, -0.2) is 37.5 Å². The second-order valence-corrected chi connectivity index (χ2v) is 7.21. The van der Waals surface area contributed by atoms with Gasteiger partial charge < -0.3 is 20.1 Å². The number of hydrogen-bond donors (Lipinski definition) is 2. The molecular weight excluding hydrogens is 432 g/mol. The lowest BCUT2D eigenvalue weighted by Crippen LogP contribution is -2.37. The number of unbranched alkanes of at least 4 members (excludes halogenated alkanes) is 1. The highest BCUT2D eigenvalue weighted by molar-refractivity contribution is 6.30. The van der Waals surface area contributed by atoms with Gasteiger partial charge in [0.25, 0.3) is 11.8 Å². The highest BCUT2D eigenvalue weighted by atomic mass is 35.5. The predicted octanol–water partition coefficient (Wildman–Crippen LogP) is 3.97. The SMILES string of the molecule is CCCCOc1ccc(C(=O)N/C(=C/c2ccc(Cl)cc2)C(=O)NCC(=O)OCC)cc1. The van der Waals surface area contributed by atoms with Gasteiger partial charge in [-0.15, -0.1) is 0 Å². The first kappa shape index (κ1) is 24.9. The van der Waals surface area contributed by atoms with E-state index in [4.69, 9.17) is 21.1 Å². The van der Waals surface area contributed by atoms with Gasteiger partial charge in [-0.05, 0) is 61.4 Å². The number of amides is 2. The maximum Gasteiger partial charge on any atom is 0.325 e. The van der Waals surface area contributed by atoms with E-state index in [1.165, 1.54) is 6.08 Å². The third kappa shape index (κ3) is 8.43. The molecule has 0 heterocycles. The quantitative estimate of drug-likeness (QED) is 0.302. The van der Waals surface area contributed by atoms with Gasteiger partial charge in [-0.25, -0.2) is 0 Å². The van der Waals surface area contributed by atoms with E-state index in [1.807, 2.05) is 0 Å². The molecule has 2 rings (SSSR count). The molecule has 170 valence electrons. The van der Waals surface area contributed by atoms with E-state index in [-0.39, 0.29) is 18.8 Å². The summed E-state index contributed by atoms with van der Waals surface area (Å²) < 4.78 is 10.4. The molecule has 32 heavy (non-hydrogen) atoms. The van der Waals surface area contributed by atoms with Crippen molar-refractivity contribution in [3.05, 3.63) is 70.4 Å². The van der Waals surface area contributed by atoms with E-state index >= 15 is 0 Å². The molecule has 0 bridgehead atoms.